The smallest absolute Gasteiger partial charge is 0.245 e. The maximum Gasteiger partial charge on any atom is 0.245 e. The maximum absolute atomic E-state index is 12.4. The van der Waals surface area contributed by atoms with Gasteiger partial charge in [-0.3, -0.25) is 9.59 Å². The van der Waals surface area contributed by atoms with Crippen LogP contribution in [0, 0.1) is 13.8 Å². The van der Waals surface area contributed by atoms with Crippen molar-refractivity contribution in [1.82, 2.24) is 9.88 Å². The van der Waals surface area contributed by atoms with Gasteiger partial charge in [-0.25, -0.2) is 4.98 Å². The van der Waals surface area contributed by atoms with Gasteiger partial charge in [-0.2, -0.15) is 0 Å². The third-order valence-corrected chi connectivity index (χ3v) is 4.87. The van der Waals surface area contributed by atoms with E-state index >= 15 is 0 Å². The van der Waals surface area contributed by atoms with Gasteiger partial charge < -0.3 is 15.0 Å². The van der Waals surface area contributed by atoms with E-state index in [4.69, 9.17) is 4.74 Å². The number of hydrogen-bond donors (Lipinski definition) is 1. The Balaban J connectivity index is 2.56. The molecule has 0 saturated heterocycles. The number of nitrogens with one attached hydrogen (secondary N) is 1. The summed E-state index contributed by atoms with van der Waals surface area (Å²) in [5.74, 6) is -0.166. The van der Waals surface area contributed by atoms with E-state index in [0.29, 0.717) is 31.3 Å². The Morgan fingerprint density at radius 1 is 1.20 bits per heavy atom. The molecule has 0 bridgehead atoms. The van der Waals surface area contributed by atoms with Gasteiger partial charge in [-0.15, -0.1) is 11.3 Å². The van der Waals surface area contributed by atoms with Gasteiger partial charge in [0.15, 0.2) is 5.13 Å². The zero-order valence-corrected chi connectivity index (χ0v) is 16.7. The average Bonchev–Trinajstić information content (AvgIpc) is 2.88. The summed E-state index contributed by atoms with van der Waals surface area (Å²) in [5, 5.41) is 3.39. The first kappa shape index (κ1) is 21.6. The minimum atomic E-state index is -0.200. The Hall–Kier alpha value is -1.47. The molecule has 1 aromatic heterocycles. The summed E-state index contributed by atoms with van der Waals surface area (Å²) in [6.45, 7) is 9.80. The minimum absolute atomic E-state index is 0.0339. The number of rotatable bonds is 12. The summed E-state index contributed by atoms with van der Waals surface area (Å²) in [4.78, 5) is 31.7. The molecule has 0 fully saturated rings. The second-order valence-electron chi connectivity index (χ2n) is 6.03. The van der Waals surface area contributed by atoms with Gasteiger partial charge in [0.05, 0.1) is 12.2 Å². The van der Waals surface area contributed by atoms with Crippen LogP contribution in [0.25, 0.3) is 0 Å². The van der Waals surface area contributed by atoms with Crippen molar-refractivity contribution in [2.75, 3.05) is 31.6 Å². The van der Waals surface area contributed by atoms with Crippen molar-refractivity contribution in [3.05, 3.63) is 10.6 Å². The highest BCUT2D eigenvalue weighted by molar-refractivity contribution is 7.15. The fourth-order valence-electron chi connectivity index (χ4n) is 2.34. The molecule has 0 spiro atoms. The van der Waals surface area contributed by atoms with E-state index in [1.165, 1.54) is 11.3 Å². The molecule has 0 saturated carbocycles. The van der Waals surface area contributed by atoms with Crippen LogP contribution in [0.2, 0.25) is 0 Å². The van der Waals surface area contributed by atoms with Crippen molar-refractivity contribution >= 4 is 28.3 Å². The summed E-state index contributed by atoms with van der Waals surface area (Å²) in [7, 11) is 0. The standard InChI is InChI=1S/C18H31N3O3S/c1-5-7-8-10-17(23)21(11-9-12-24-6-2)13-16(22)20-18-19-14(3)15(4)25-18/h5-13H2,1-4H3,(H,19,20,22). The number of carbonyl (C=O) groups is 2. The Morgan fingerprint density at radius 3 is 2.56 bits per heavy atom. The molecule has 1 N–H and O–H groups in total. The molecular formula is C18H31N3O3S. The largest absolute Gasteiger partial charge is 0.382 e. The normalized spacial score (nSPS) is 10.7. The highest BCUT2D eigenvalue weighted by atomic mass is 32.1. The summed E-state index contributed by atoms with van der Waals surface area (Å²) >= 11 is 1.45. The zero-order chi connectivity index (χ0) is 18.7. The lowest BCUT2D eigenvalue weighted by atomic mass is 10.2. The molecular weight excluding hydrogens is 338 g/mol. The topological polar surface area (TPSA) is 71.5 Å². The van der Waals surface area contributed by atoms with Gasteiger partial charge in [-0.05, 0) is 33.6 Å². The van der Waals surface area contributed by atoms with Gasteiger partial charge in [0.2, 0.25) is 11.8 Å². The lowest BCUT2D eigenvalue weighted by molar-refractivity contribution is -0.135. The van der Waals surface area contributed by atoms with Crippen LogP contribution < -0.4 is 5.32 Å². The molecule has 0 unspecified atom stereocenters. The molecule has 0 atom stereocenters. The lowest BCUT2D eigenvalue weighted by Gasteiger charge is -2.22. The first-order valence-electron chi connectivity index (χ1n) is 9.07. The molecule has 142 valence electrons. The number of carbonyl (C=O) groups excluding carboxylic acids is 2. The number of thiazole rings is 1. The van der Waals surface area contributed by atoms with Crippen LogP contribution in [0.3, 0.4) is 0 Å². The van der Waals surface area contributed by atoms with Crippen molar-refractivity contribution in [1.29, 1.82) is 0 Å². The fourth-order valence-corrected chi connectivity index (χ4v) is 3.17. The van der Waals surface area contributed by atoms with Crippen LogP contribution in [0.4, 0.5) is 5.13 Å². The number of aryl methyl sites for hydroxylation is 2. The van der Waals surface area contributed by atoms with Crippen molar-refractivity contribution in [2.24, 2.45) is 0 Å². The van der Waals surface area contributed by atoms with E-state index in [0.717, 1.165) is 36.3 Å². The molecule has 7 heteroatoms. The number of amides is 2. The Kier molecular flexibility index (Phi) is 10.3. The SMILES string of the molecule is CCCCCC(=O)N(CCCOCC)CC(=O)Nc1nc(C)c(C)s1. The van der Waals surface area contributed by atoms with Crippen LogP contribution in [-0.4, -0.2) is 48.0 Å². The quantitative estimate of drug-likeness (QED) is 0.572. The summed E-state index contributed by atoms with van der Waals surface area (Å²) in [5.41, 5.74) is 0.921. The lowest BCUT2D eigenvalue weighted by Crippen LogP contribution is -2.39. The molecule has 1 heterocycles. The van der Waals surface area contributed by atoms with Crippen LogP contribution in [-0.2, 0) is 14.3 Å². The highest BCUT2D eigenvalue weighted by Gasteiger charge is 2.17. The number of aromatic nitrogens is 1. The zero-order valence-electron chi connectivity index (χ0n) is 15.9. The van der Waals surface area contributed by atoms with Crippen molar-refractivity contribution < 1.29 is 14.3 Å². The van der Waals surface area contributed by atoms with Crippen LogP contribution >= 0.6 is 11.3 Å². The highest BCUT2D eigenvalue weighted by Crippen LogP contribution is 2.21. The van der Waals surface area contributed by atoms with Crippen molar-refractivity contribution in [3.63, 3.8) is 0 Å². The first-order chi connectivity index (χ1) is 12.0. The summed E-state index contributed by atoms with van der Waals surface area (Å²) in [6, 6.07) is 0. The predicted molar refractivity (Wildman–Crippen MR) is 102 cm³/mol. The van der Waals surface area contributed by atoms with Crippen molar-refractivity contribution in [2.45, 2.75) is 59.8 Å². The molecule has 0 aromatic carbocycles. The van der Waals surface area contributed by atoms with Gasteiger partial charge >= 0.3 is 0 Å². The minimum Gasteiger partial charge on any atom is -0.382 e. The molecule has 0 aliphatic heterocycles. The number of anilines is 1. The molecule has 1 rings (SSSR count). The second kappa shape index (κ2) is 12.0. The molecule has 1 aromatic rings. The Morgan fingerprint density at radius 2 is 1.96 bits per heavy atom. The maximum atomic E-state index is 12.4. The number of hydrogen-bond acceptors (Lipinski definition) is 5. The molecule has 2 amide bonds. The van der Waals surface area contributed by atoms with Crippen LogP contribution in [0.15, 0.2) is 0 Å². The second-order valence-corrected chi connectivity index (χ2v) is 7.23. The van der Waals surface area contributed by atoms with Crippen LogP contribution in [0.1, 0.15) is 56.5 Å². The molecule has 6 nitrogen and oxygen atoms in total. The van der Waals surface area contributed by atoms with E-state index in [1.807, 2.05) is 20.8 Å². The average molecular weight is 370 g/mol. The third kappa shape index (κ3) is 8.45. The summed E-state index contributed by atoms with van der Waals surface area (Å²) in [6.07, 6.45) is 4.19. The number of ether oxygens (including phenoxy) is 1. The molecule has 25 heavy (non-hydrogen) atoms. The van der Waals surface area contributed by atoms with E-state index in [1.54, 1.807) is 4.90 Å². The fraction of sp³-hybridized carbons (Fsp3) is 0.722. The van der Waals surface area contributed by atoms with E-state index < -0.39 is 0 Å². The third-order valence-electron chi connectivity index (χ3n) is 3.88. The molecule has 0 aliphatic rings. The van der Waals surface area contributed by atoms with Crippen LogP contribution in [0.5, 0.6) is 0 Å². The monoisotopic (exact) mass is 369 g/mol. The molecule has 0 radical (unpaired) electrons. The van der Waals surface area contributed by atoms with E-state index in [-0.39, 0.29) is 18.4 Å². The van der Waals surface area contributed by atoms with Crippen molar-refractivity contribution in [3.8, 4) is 0 Å². The predicted octanol–water partition coefficient (Wildman–Crippen LogP) is 3.53. The summed E-state index contributed by atoms with van der Waals surface area (Å²) < 4.78 is 5.33. The van der Waals surface area contributed by atoms with Gasteiger partial charge in [-0.1, -0.05) is 19.8 Å². The van der Waals surface area contributed by atoms with Gasteiger partial charge in [0.1, 0.15) is 0 Å². The molecule has 0 aliphatic carbocycles. The number of nitrogens with zero attached hydrogens (tertiary/aromatic N) is 2. The van der Waals surface area contributed by atoms with Gasteiger partial charge in [0, 0.05) is 31.1 Å². The Labute approximate surface area is 155 Å². The van der Waals surface area contributed by atoms with E-state index in [9.17, 15) is 9.59 Å². The van der Waals surface area contributed by atoms with E-state index in [2.05, 4.69) is 17.2 Å². The van der Waals surface area contributed by atoms with Gasteiger partial charge in [0.25, 0.3) is 0 Å². The first-order valence-corrected chi connectivity index (χ1v) is 9.88. The number of unbranched alkanes of at least 4 members (excludes halogenated alkanes) is 2. The Bertz CT molecular complexity index is 526.